The standard InChI is InChI=1S/C38H29N3/c39-37(26-11-3-1-4-12-26)36(38-30-16-8-7-13-27(30)23-33(40-38)25-19-20-25)28-21-22-32-31-17-9-10-18-34(31)41(35(32)24-28)29-14-5-2-6-15-29/h1-18,21-25,39-40H,19-20H2/b38-36-,39-37?. The van der Waals surface area contributed by atoms with E-state index in [1.165, 1.54) is 40.4 Å². The number of allylic oxidation sites excluding steroid dienone is 2. The lowest BCUT2D eigenvalue weighted by Crippen LogP contribution is -2.22. The highest BCUT2D eigenvalue weighted by Crippen LogP contribution is 2.43. The molecule has 5 aromatic carbocycles. The number of rotatable bonds is 5. The van der Waals surface area contributed by atoms with Crippen LogP contribution in [0.15, 0.2) is 133 Å². The zero-order chi connectivity index (χ0) is 27.3. The number of nitrogens with one attached hydrogen (secondary N) is 2. The molecule has 1 aliphatic carbocycles. The molecule has 0 spiro atoms. The topological polar surface area (TPSA) is 40.8 Å². The summed E-state index contributed by atoms with van der Waals surface area (Å²) in [6.45, 7) is 0. The van der Waals surface area contributed by atoms with Crippen LogP contribution in [0.4, 0.5) is 0 Å². The molecule has 1 saturated carbocycles. The summed E-state index contributed by atoms with van der Waals surface area (Å²) in [7, 11) is 0. The highest BCUT2D eigenvalue weighted by atomic mass is 15.0. The van der Waals surface area contributed by atoms with Crippen LogP contribution in [-0.2, 0) is 0 Å². The second-order valence-corrected chi connectivity index (χ2v) is 11.0. The van der Waals surface area contributed by atoms with Gasteiger partial charge in [-0.1, -0.05) is 103 Å². The number of aromatic nitrogens is 1. The summed E-state index contributed by atoms with van der Waals surface area (Å²) < 4.78 is 2.35. The summed E-state index contributed by atoms with van der Waals surface area (Å²) in [5, 5.41) is 15.9. The van der Waals surface area contributed by atoms with Gasteiger partial charge in [0.15, 0.2) is 0 Å². The molecule has 3 nitrogen and oxygen atoms in total. The van der Waals surface area contributed by atoms with Crippen LogP contribution in [0.2, 0.25) is 0 Å². The largest absolute Gasteiger partial charge is 0.358 e. The van der Waals surface area contributed by atoms with Gasteiger partial charge in [0.05, 0.1) is 22.4 Å². The van der Waals surface area contributed by atoms with Gasteiger partial charge < -0.3 is 9.88 Å². The number of benzene rings is 5. The molecule has 2 aliphatic rings. The molecular formula is C38H29N3. The van der Waals surface area contributed by atoms with Gasteiger partial charge in [0, 0.05) is 38.9 Å². The Hall–Kier alpha value is -5.15. The minimum Gasteiger partial charge on any atom is -0.358 e. The summed E-state index contributed by atoms with van der Waals surface area (Å²) in [5.41, 5.74) is 11.4. The lowest BCUT2D eigenvalue weighted by molar-refractivity contribution is 0.898. The van der Waals surface area contributed by atoms with Gasteiger partial charge in [-0.2, -0.15) is 0 Å². The van der Waals surface area contributed by atoms with Gasteiger partial charge >= 0.3 is 0 Å². The first-order valence-electron chi connectivity index (χ1n) is 14.3. The van der Waals surface area contributed by atoms with E-state index in [-0.39, 0.29) is 0 Å². The van der Waals surface area contributed by atoms with Crippen LogP contribution in [-0.4, -0.2) is 10.3 Å². The van der Waals surface area contributed by atoms with Gasteiger partial charge in [0.2, 0.25) is 0 Å². The van der Waals surface area contributed by atoms with E-state index in [1.807, 2.05) is 30.3 Å². The molecule has 0 amide bonds. The van der Waals surface area contributed by atoms with Gasteiger partial charge in [-0.3, -0.25) is 5.41 Å². The van der Waals surface area contributed by atoms with Crippen LogP contribution in [0, 0.1) is 11.3 Å². The number of hydrogen-bond donors (Lipinski definition) is 2. The first-order valence-corrected chi connectivity index (χ1v) is 14.3. The summed E-state index contributed by atoms with van der Waals surface area (Å²) in [5.74, 6) is 0.564. The fourth-order valence-electron chi connectivity index (χ4n) is 6.22. The van der Waals surface area contributed by atoms with Crippen molar-refractivity contribution in [1.29, 1.82) is 5.41 Å². The van der Waals surface area contributed by atoms with E-state index >= 15 is 0 Å². The van der Waals surface area contributed by atoms with Crippen molar-refractivity contribution in [3.05, 3.63) is 155 Å². The van der Waals surface area contributed by atoms with Gasteiger partial charge in [-0.05, 0) is 60.2 Å². The van der Waals surface area contributed by atoms with Gasteiger partial charge in [-0.15, -0.1) is 0 Å². The number of nitrogens with zero attached hydrogens (tertiary/aromatic N) is 1. The Labute approximate surface area is 239 Å². The summed E-state index contributed by atoms with van der Waals surface area (Å²) in [6, 6.07) is 44.6. The molecule has 6 aromatic rings. The van der Waals surface area contributed by atoms with Crippen molar-refractivity contribution in [2.45, 2.75) is 12.8 Å². The third-order valence-electron chi connectivity index (χ3n) is 8.37. The molecule has 0 bridgehead atoms. The van der Waals surface area contributed by atoms with Gasteiger partial charge in [0.25, 0.3) is 0 Å². The van der Waals surface area contributed by atoms with E-state index in [2.05, 4.69) is 113 Å². The summed E-state index contributed by atoms with van der Waals surface area (Å²) in [4.78, 5) is 0. The Morgan fingerprint density at radius 1 is 0.659 bits per heavy atom. The molecular weight excluding hydrogens is 498 g/mol. The molecule has 3 heteroatoms. The zero-order valence-corrected chi connectivity index (χ0v) is 22.6. The van der Waals surface area contributed by atoms with Crippen LogP contribution < -0.4 is 5.32 Å². The highest BCUT2D eigenvalue weighted by molar-refractivity contribution is 6.36. The Kier molecular flexibility index (Phi) is 5.49. The fraction of sp³-hybridized carbons (Fsp3) is 0.0789. The Bertz CT molecular complexity index is 2020. The SMILES string of the molecule is N=C(/C(=C1\NC(C2CC2)=Cc2ccccc21)c1ccc2c3ccccc3n(-c3ccccc3)c2c1)c1ccccc1. The second kappa shape index (κ2) is 9.50. The van der Waals surface area contributed by atoms with Gasteiger partial charge in [0.1, 0.15) is 0 Å². The predicted molar refractivity (Wildman–Crippen MR) is 171 cm³/mol. The molecule has 0 atom stereocenters. The minimum absolute atomic E-state index is 0.515. The van der Waals surface area contributed by atoms with Crippen LogP contribution in [0.25, 0.3) is 44.8 Å². The lowest BCUT2D eigenvalue weighted by atomic mass is 9.88. The predicted octanol–water partition coefficient (Wildman–Crippen LogP) is 9.07. The molecule has 41 heavy (non-hydrogen) atoms. The van der Waals surface area contributed by atoms with Crippen molar-refractivity contribution in [2.75, 3.05) is 0 Å². The van der Waals surface area contributed by atoms with Crippen molar-refractivity contribution in [3.63, 3.8) is 0 Å². The quantitative estimate of drug-likeness (QED) is 0.216. The van der Waals surface area contributed by atoms with E-state index in [1.54, 1.807) is 0 Å². The third kappa shape index (κ3) is 4.01. The molecule has 8 rings (SSSR count). The maximum Gasteiger partial charge on any atom is 0.0711 e. The first kappa shape index (κ1) is 23.7. The van der Waals surface area contributed by atoms with Crippen molar-refractivity contribution in [2.24, 2.45) is 5.92 Å². The zero-order valence-electron chi connectivity index (χ0n) is 22.6. The molecule has 0 unspecified atom stereocenters. The molecule has 196 valence electrons. The second-order valence-electron chi connectivity index (χ2n) is 11.0. The van der Waals surface area contributed by atoms with E-state index in [4.69, 9.17) is 0 Å². The highest BCUT2D eigenvalue weighted by Gasteiger charge is 2.31. The third-order valence-corrected chi connectivity index (χ3v) is 8.37. The molecule has 0 radical (unpaired) electrons. The van der Waals surface area contributed by atoms with Crippen LogP contribution in [0.5, 0.6) is 0 Å². The van der Waals surface area contributed by atoms with Crippen molar-refractivity contribution in [1.82, 2.24) is 9.88 Å². The smallest absolute Gasteiger partial charge is 0.0711 e. The van der Waals surface area contributed by atoms with Crippen molar-refractivity contribution >= 4 is 44.9 Å². The van der Waals surface area contributed by atoms with E-state index < -0.39 is 0 Å². The minimum atomic E-state index is 0.515. The van der Waals surface area contributed by atoms with E-state index in [0.717, 1.165) is 39.2 Å². The maximum absolute atomic E-state index is 9.60. The van der Waals surface area contributed by atoms with Crippen molar-refractivity contribution in [3.8, 4) is 5.69 Å². The average Bonchev–Trinajstić information content (AvgIpc) is 3.84. The van der Waals surface area contributed by atoms with E-state index in [9.17, 15) is 5.41 Å². The molecule has 0 saturated heterocycles. The van der Waals surface area contributed by atoms with Crippen LogP contribution >= 0.6 is 0 Å². The summed E-state index contributed by atoms with van der Waals surface area (Å²) in [6.07, 6.45) is 4.72. The molecule has 2 N–H and O–H groups in total. The number of fused-ring (bicyclic) bond motifs is 4. The number of hydrogen-bond acceptors (Lipinski definition) is 2. The summed E-state index contributed by atoms with van der Waals surface area (Å²) >= 11 is 0. The van der Waals surface area contributed by atoms with Gasteiger partial charge in [-0.25, -0.2) is 0 Å². The fourth-order valence-corrected chi connectivity index (χ4v) is 6.22. The monoisotopic (exact) mass is 527 g/mol. The lowest BCUT2D eigenvalue weighted by Gasteiger charge is -2.26. The first-order chi connectivity index (χ1) is 20.3. The average molecular weight is 528 g/mol. The molecule has 1 aliphatic heterocycles. The van der Waals surface area contributed by atoms with E-state index in [0.29, 0.717) is 11.6 Å². The van der Waals surface area contributed by atoms with Crippen LogP contribution in [0.1, 0.15) is 35.1 Å². The Balaban J connectivity index is 1.43. The Morgan fingerprint density at radius 3 is 2.15 bits per heavy atom. The van der Waals surface area contributed by atoms with Crippen molar-refractivity contribution < 1.29 is 0 Å². The Morgan fingerprint density at radius 2 is 1.34 bits per heavy atom. The normalized spacial score (nSPS) is 15.8. The number of para-hydroxylation sites is 2. The molecule has 1 fully saturated rings. The maximum atomic E-state index is 9.60. The van der Waals surface area contributed by atoms with Crippen LogP contribution in [0.3, 0.4) is 0 Å². The molecule has 1 aromatic heterocycles. The molecule has 2 heterocycles.